The topological polar surface area (TPSA) is 76.0 Å². The van der Waals surface area contributed by atoms with Crippen LogP contribution in [0.2, 0.25) is 0 Å². The maximum Gasteiger partial charge on any atom is 0.309 e. The fourth-order valence-corrected chi connectivity index (χ4v) is 4.02. The number of fused-ring (bicyclic) bond motifs is 2. The first-order valence-electron chi connectivity index (χ1n) is 9.41. The Morgan fingerprint density at radius 2 is 1.88 bits per heavy atom. The molecule has 0 radical (unpaired) electrons. The van der Waals surface area contributed by atoms with Crippen molar-refractivity contribution in [3.63, 3.8) is 0 Å². The number of esters is 1. The van der Waals surface area contributed by atoms with Gasteiger partial charge in [-0.05, 0) is 40.0 Å². The van der Waals surface area contributed by atoms with E-state index in [4.69, 9.17) is 9.47 Å². The molecular weight excluding hydrogens is 308 g/mol. The van der Waals surface area contributed by atoms with E-state index in [0.29, 0.717) is 25.9 Å². The van der Waals surface area contributed by atoms with Crippen molar-refractivity contribution in [1.82, 2.24) is 0 Å². The fourth-order valence-electron chi connectivity index (χ4n) is 4.02. The zero-order chi connectivity index (χ0) is 18.0. The van der Waals surface area contributed by atoms with E-state index < -0.39 is 11.2 Å². The van der Waals surface area contributed by atoms with Crippen molar-refractivity contribution in [3.05, 3.63) is 0 Å². The lowest BCUT2D eigenvalue weighted by molar-refractivity contribution is -0.148. The number of carbonyl (C=O) groups is 1. The number of aliphatic hydroxyl groups is 2. The molecule has 0 amide bonds. The molecule has 5 heteroatoms. The molecular formula is C19H34O5. The number of carbonyl (C=O) groups excluding carboxylic acids is 1. The number of rotatable bonds is 9. The van der Waals surface area contributed by atoms with Crippen LogP contribution in [0.3, 0.4) is 0 Å². The molecule has 24 heavy (non-hydrogen) atoms. The Kier molecular flexibility index (Phi) is 6.32. The first-order chi connectivity index (χ1) is 11.1. The first kappa shape index (κ1) is 19.7. The van der Waals surface area contributed by atoms with Gasteiger partial charge in [-0.3, -0.25) is 4.79 Å². The minimum atomic E-state index is -0.924. The highest BCUT2D eigenvalue weighted by molar-refractivity contribution is 5.75. The third kappa shape index (κ3) is 4.93. The van der Waals surface area contributed by atoms with Crippen LogP contribution in [0.1, 0.15) is 72.6 Å². The molecule has 5 atom stereocenters. The van der Waals surface area contributed by atoms with Crippen molar-refractivity contribution in [3.8, 4) is 0 Å². The van der Waals surface area contributed by atoms with Crippen molar-refractivity contribution in [2.75, 3.05) is 6.61 Å². The Bertz CT molecular complexity index is 426. The van der Waals surface area contributed by atoms with E-state index in [1.807, 2.05) is 6.92 Å². The van der Waals surface area contributed by atoms with Gasteiger partial charge in [-0.15, -0.1) is 0 Å². The predicted octanol–water partition coefficient (Wildman–Crippen LogP) is 2.82. The third-order valence-corrected chi connectivity index (χ3v) is 5.64. The van der Waals surface area contributed by atoms with Crippen molar-refractivity contribution < 1.29 is 24.5 Å². The number of ether oxygens (including phenoxy) is 2. The van der Waals surface area contributed by atoms with Crippen LogP contribution in [-0.4, -0.2) is 46.2 Å². The van der Waals surface area contributed by atoms with E-state index in [0.717, 1.165) is 25.7 Å². The zero-order valence-corrected chi connectivity index (χ0v) is 15.6. The SMILES string of the molecule is CCCCCC(C)(O)CCOC1CC(C(C)(C)O)C2CC1OC2=O. The van der Waals surface area contributed by atoms with Gasteiger partial charge in [0.25, 0.3) is 0 Å². The smallest absolute Gasteiger partial charge is 0.309 e. The molecule has 2 fully saturated rings. The van der Waals surface area contributed by atoms with Gasteiger partial charge in [-0.25, -0.2) is 0 Å². The summed E-state index contributed by atoms with van der Waals surface area (Å²) < 4.78 is 11.4. The van der Waals surface area contributed by atoms with E-state index in [-0.39, 0.29) is 30.0 Å². The summed E-state index contributed by atoms with van der Waals surface area (Å²) in [5.74, 6) is -0.560. The number of hydrogen-bond donors (Lipinski definition) is 2. The Hall–Kier alpha value is -0.650. The molecule has 1 aliphatic carbocycles. The molecule has 5 nitrogen and oxygen atoms in total. The van der Waals surface area contributed by atoms with E-state index in [1.165, 1.54) is 0 Å². The second kappa shape index (κ2) is 7.71. The van der Waals surface area contributed by atoms with Crippen molar-refractivity contribution in [2.45, 2.75) is 96.1 Å². The number of hydrogen-bond acceptors (Lipinski definition) is 5. The van der Waals surface area contributed by atoms with Crippen LogP contribution in [0.5, 0.6) is 0 Å². The van der Waals surface area contributed by atoms with Gasteiger partial charge in [-0.1, -0.05) is 26.2 Å². The second-order valence-electron chi connectivity index (χ2n) is 8.43. The Labute approximate surface area is 145 Å². The first-order valence-corrected chi connectivity index (χ1v) is 9.41. The second-order valence-corrected chi connectivity index (χ2v) is 8.43. The van der Waals surface area contributed by atoms with E-state index >= 15 is 0 Å². The molecule has 2 rings (SSSR count). The van der Waals surface area contributed by atoms with E-state index in [2.05, 4.69) is 6.92 Å². The van der Waals surface area contributed by atoms with Gasteiger partial charge in [0, 0.05) is 18.9 Å². The molecule has 0 aromatic rings. The summed E-state index contributed by atoms with van der Waals surface area (Å²) in [5, 5.41) is 20.8. The lowest BCUT2D eigenvalue weighted by Crippen LogP contribution is -2.45. The summed E-state index contributed by atoms with van der Waals surface area (Å²) in [6.45, 7) is 7.95. The highest BCUT2D eigenvalue weighted by atomic mass is 16.6. The van der Waals surface area contributed by atoms with Crippen LogP contribution in [0.15, 0.2) is 0 Å². The maximum absolute atomic E-state index is 12.0. The molecule has 2 bridgehead atoms. The van der Waals surface area contributed by atoms with Gasteiger partial charge in [0.15, 0.2) is 0 Å². The van der Waals surface area contributed by atoms with Crippen molar-refractivity contribution in [2.24, 2.45) is 11.8 Å². The monoisotopic (exact) mass is 342 g/mol. The average molecular weight is 342 g/mol. The number of unbranched alkanes of at least 4 members (excludes halogenated alkanes) is 2. The molecule has 2 aliphatic rings. The molecule has 1 heterocycles. The molecule has 0 aromatic carbocycles. The van der Waals surface area contributed by atoms with Crippen LogP contribution < -0.4 is 0 Å². The largest absolute Gasteiger partial charge is 0.459 e. The molecule has 1 aliphatic heterocycles. The van der Waals surface area contributed by atoms with Crippen molar-refractivity contribution >= 4 is 5.97 Å². The maximum atomic E-state index is 12.0. The predicted molar refractivity (Wildman–Crippen MR) is 91.5 cm³/mol. The minimum absolute atomic E-state index is 0.140. The fraction of sp³-hybridized carbons (Fsp3) is 0.947. The third-order valence-electron chi connectivity index (χ3n) is 5.64. The summed E-state index contributed by atoms with van der Waals surface area (Å²) in [6.07, 6.45) is 5.52. The van der Waals surface area contributed by atoms with Crippen LogP contribution >= 0.6 is 0 Å². The Morgan fingerprint density at radius 1 is 1.17 bits per heavy atom. The molecule has 0 aromatic heterocycles. The van der Waals surface area contributed by atoms with E-state index in [9.17, 15) is 15.0 Å². The summed E-state index contributed by atoms with van der Waals surface area (Å²) in [5.41, 5.74) is -1.64. The van der Waals surface area contributed by atoms with Gasteiger partial charge < -0.3 is 19.7 Å². The quantitative estimate of drug-likeness (QED) is 0.498. The lowest BCUT2D eigenvalue weighted by atomic mass is 9.71. The van der Waals surface area contributed by atoms with Gasteiger partial charge >= 0.3 is 5.97 Å². The summed E-state index contributed by atoms with van der Waals surface area (Å²) in [4.78, 5) is 12.0. The molecule has 5 unspecified atom stereocenters. The van der Waals surface area contributed by atoms with E-state index in [1.54, 1.807) is 13.8 Å². The molecule has 140 valence electrons. The zero-order valence-electron chi connectivity index (χ0n) is 15.6. The van der Waals surface area contributed by atoms with Gasteiger partial charge in [0.05, 0.1) is 23.2 Å². The average Bonchev–Trinajstić information content (AvgIpc) is 2.77. The van der Waals surface area contributed by atoms with Crippen LogP contribution in [-0.2, 0) is 14.3 Å². The summed E-state index contributed by atoms with van der Waals surface area (Å²) >= 11 is 0. The van der Waals surface area contributed by atoms with Crippen LogP contribution in [0.4, 0.5) is 0 Å². The minimum Gasteiger partial charge on any atom is -0.459 e. The van der Waals surface area contributed by atoms with Gasteiger partial charge in [0.2, 0.25) is 0 Å². The summed E-state index contributed by atoms with van der Waals surface area (Å²) in [6, 6.07) is 0. The Morgan fingerprint density at radius 3 is 2.50 bits per heavy atom. The highest BCUT2D eigenvalue weighted by Crippen LogP contribution is 2.44. The normalized spacial score (nSPS) is 32.5. The van der Waals surface area contributed by atoms with Crippen LogP contribution in [0.25, 0.3) is 0 Å². The molecule has 0 spiro atoms. The summed E-state index contributed by atoms with van der Waals surface area (Å²) in [7, 11) is 0. The lowest BCUT2D eigenvalue weighted by Gasteiger charge is -2.38. The molecule has 1 saturated heterocycles. The Balaban J connectivity index is 1.85. The van der Waals surface area contributed by atoms with Gasteiger partial charge in [-0.2, -0.15) is 0 Å². The van der Waals surface area contributed by atoms with Crippen LogP contribution in [0, 0.1) is 11.8 Å². The standard InChI is InChI=1S/C19H34O5/c1-5-6-7-8-19(4,22)9-10-23-15-12-14(18(2,3)21)13-11-16(15)24-17(13)20/h13-16,21-22H,5-12H2,1-4H3. The van der Waals surface area contributed by atoms with Crippen molar-refractivity contribution in [1.29, 1.82) is 0 Å². The highest BCUT2D eigenvalue weighted by Gasteiger charge is 2.53. The molecule has 1 saturated carbocycles. The molecule has 2 N–H and O–H groups in total. The van der Waals surface area contributed by atoms with Gasteiger partial charge in [0.1, 0.15) is 6.10 Å².